The van der Waals surface area contributed by atoms with Crippen molar-refractivity contribution in [1.82, 2.24) is 0 Å². The minimum atomic E-state index is -5.38. The van der Waals surface area contributed by atoms with Gasteiger partial charge in [0.1, 0.15) is 43.2 Å². The third-order valence-electron chi connectivity index (χ3n) is 11.5. The lowest BCUT2D eigenvalue weighted by Gasteiger charge is -2.43. The second-order valence-electron chi connectivity index (χ2n) is 17.7. The number of allylic oxidation sites excluding steroid dienone is 7. The number of unbranched alkanes of at least 4 members (excludes halogenated alkanes) is 19. The second kappa shape index (κ2) is 39.5. The average molecular weight is 1010 g/mol. The van der Waals surface area contributed by atoms with Gasteiger partial charge in [0.05, 0.1) is 12.7 Å². The van der Waals surface area contributed by atoms with Crippen LogP contribution in [-0.4, -0.2) is 114 Å². The Morgan fingerprint density at radius 2 is 1.03 bits per heavy atom. The lowest BCUT2D eigenvalue weighted by atomic mass is 9.85. The standard InChI is InChI=1S/C49H88O17P2/c1-3-5-7-9-11-13-15-17-18-19-20-22-24-26-28-30-32-36-43(52)64-41(39-63-68(60,61)66-49-46(55)44(53)45(54)48(47(49)56)65-67(57,58)59)38-62-42(51)37-33-35-40(50)34-31-29-27-25-23-21-16-14-12-10-8-6-4-2/h12,14,21,23,27,29,31,34,40-41,44-50,53-56H,3-11,13,15-20,22,24-26,28,30,32-33,35-39H2,1-2H3,(H,60,61)(H2,57,58,59)/b14-12-,23-21-,29-27-,34-31+/t40-,41-,44?,45?,46?,47?,48-,49+/m1/s1. The summed E-state index contributed by atoms with van der Waals surface area (Å²) in [6, 6.07) is 0. The highest BCUT2D eigenvalue weighted by molar-refractivity contribution is 7.47. The highest BCUT2D eigenvalue weighted by Gasteiger charge is 2.54. The maximum absolute atomic E-state index is 13.0. The highest BCUT2D eigenvalue weighted by Crippen LogP contribution is 2.49. The number of carbonyl (C=O) groups excluding carboxylic acids is 2. The van der Waals surface area contributed by atoms with Gasteiger partial charge in [-0.3, -0.25) is 23.2 Å². The fraction of sp³-hybridized carbons (Fsp3) is 0.796. The summed E-state index contributed by atoms with van der Waals surface area (Å²) in [6.45, 7) is 2.93. The van der Waals surface area contributed by atoms with E-state index in [-0.39, 0.29) is 25.7 Å². The molecule has 0 amide bonds. The zero-order valence-electron chi connectivity index (χ0n) is 40.9. The molecule has 0 aliphatic heterocycles. The van der Waals surface area contributed by atoms with Crippen molar-refractivity contribution < 1.29 is 82.0 Å². The fourth-order valence-corrected chi connectivity index (χ4v) is 9.08. The summed E-state index contributed by atoms with van der Waals surface area (Å²) in [5.74, 6) is -1.40. The summed E-state index contributed by atoms with van der Waals surface area (Å²) in [5, 5.41) is 51.6. The van der Waals surface area contributed by atoms with Gasteiger partial charge in [0.15, 0.2) is 6.10 Å². The molecule has 17 nitrogen and oxygen atoms in total. The molecule has 8 N–H and O–H groups in total. The Hall–Kier alpha value is -2.08. The Labute approximate surface area is 406 Å². The molecular weight excluding hydrogens is 922 g/mol. The SMILES string of the molecule is CCCCC/C=C\C/C=C\C/C=C\C=C\[C@@H](O)CCCC(=O)OC[C@H](COP(=O)(O)O[C@H]1C(O)C(O)C(O)[C@@H](OP(=O)(O)O)C1O)OC(=O)CCCCCCCCCCCCCCCCCCC. The predicted molar refractivity (Wildman–Crippen MR) is 261 cm³/mol. The number of esters is 2. The first-order valence-electron chi connectivity index (χ1n) is 25.3. The fourth-order valence-electron chi connectivity index (χ4n) is 7.54. The van der Waals surface area contributed by atoms with E-state index in [9.17, 15) is 58.9 Å². The highest BCUT2D eigenvalue weighted by atomic mass is 31.2. The maximum atomic E-state index is 13.0. The van der Waals surface area contributed by atoms with Crippen LogP contribution >= 0.6 is 15.6 Å². The molecule has 19 heteroatoms. The number of rotatable bonds is 42. The minimum Gasteiger partial charge on any atom is -0.462 e. The first-order chi connectivity index (χ1) is 32.5. The van der Waals surface area contributed by atoms with Crippen LogP contribution in [0.3, 0.4) is 0 Å². The number of ether oxygens (including phenoxy) is 2. The molecular formula is C49H88O17P2. The van der Waals surface area contributed by atoms with Crippen LogP contribution in [0.1, 0.15) is 187 Å². The predicted octanol–water partition coefficient (Wildman–Crippen LogP) is 9.04. The summed E-state index contributed by atoms with van der Waals surface area (Å²) in [4.78, 5) is 54.4. The van der Waals surface area contributed by atoms with E-state index in [0.717, 1.165) is 44.9 Å². The molecule has 0 aromatic rings. The van der Waals surface area contributed by atoms with E-state index >= 15 is 0 Å². The molecule has 0 heterocycles. The Morgan fingerprint density at radius 3 is 1.59 bits per heavy atom. The molecule has 0 radical (unpaired) electrons. The maximum Gasteiger partial charge on any atom is 0.472 e. The Balaban J connectivity index is 2.64. The molecule has 396 valence electrons. The zero-order chi connectivity index (χ0) is 50.5. The average Bonchev–Trinajstić information content (AvgIpc) is 3.29. The number of carbonyl (C=O) groups is 2. The van der Waals surface area contributed by atoms with Gasteiger partial charge in [0, 0.05) is 12.8 Å². The third kappa shape index (κ3) is 33.5. The number of phosphoric ester groups is 2. The van der Waals surface area contributed by atoms with Crippen molar-refractivity contribution in [2.45, 2.75) is 236 Å². The molecule has 1 fully saturated rings. The van der Waals surface area contributed by atoms with E-state index in [4.69, 9.17) is 18.5 Å². The van der Waals surface area contributed by atoms with E-state index < -0.39 is 89.6 Å². The normalized spacial score (nSPS) is 22.1. The van der Waals surface area contributed by atoms with Gasteiger partial charge in [0.2, 0.25) is 0 Å². The van der Waals surface area contributed by atoms with E-state index in [1.165, 1.54) is 96.3 Å². The number of aliphatic hydroxyl groups is 5. The quantitative estimate of drug-likeness (QED) is 0.00931. The van der Waals surface area contributed by atoms with Crippen molar-refractivity contribution in [3.05, 3.63) is 48.6 Å². The van der Waals surface area contributed by atoms with Crippen LogP contribution in [0.15, 0.2) is 48.6 Å². The Morgan fingerprint density at radius 1 is 0.544 bits per heavy atom. The lowest BCUT2D eigenvalue weighted by molar-refractivity contribution is -0.216. The molecule has 0 saturated heterocycles. The van der Waals surface area contributed by atoms with Crippen molar-refractivity contribution in [2.24, 2.45) is 0 Å². The Bertz CT molecular complexity index is 1520. The molecule has 0 bridgehead atoms. The molecule has 0 spiro atoms. The third-order valence-corrected chi connectivity index (χ3v) is 13.0. The van der Waals surface area contributed by atoms with Crippen LogP contribution < -0.4 is 0 Å². The minimum absolute atomic E-state index is 0.00607. The van der Waals surface area contributed by atoms with Gasteiger partial charge in [-0.2, -0.15) is 0 Å². The summed E-state index contributed by atoms with van der Waals surface area (Å²) in [7, 11) is -10.7. The molecule has 0 aromatic carbocycles. The van der Waals surface area contributed by atoms with E-state index in [1.54, 1.807) is 12.2 Å². The summed E-state index contributed by atoms with van der Waals surface area (Å²) < 4.78 is 49.3. The van der Waals surface area contributed by atoms with Crippen LogP contribution in [0.5, 0.6) is 0 Å². The molecule has 1 saturated carbocycles. The van der Waals surface area contributed by atoms with Crippen LogP contribution in [-0.2, 0) is 41.8 Å². The molecule has 1 aliphatic carbocycles. The van der Waals surface area contributed by atoms with Gasteiger partial charge < -0.3 is 49.7 Å². The summed E-state index contributed by atoms with van der Waals surface area (Å²) in [6.07, 6.45) is 26.5. The van der Waals surface area contributed by atoms with Gasteiger partial charge in [-0.25, -0.2) is 9.13 Å². The van der Waals surface area contributed by atoms with Gasteiger partial charge in [-0.05, 0) is 44.9 Å². The molecule has 9 atom stereocenters. The van der Waals surface area contributed by atoms with Crippen LogP contribution in [0, 0.1) is 0 Å². The van der Waals surface area contributed by atoms with Crippen LogP contribution in [0.25, 0.3) is 0 Å². The molecule has 1 rings (SSSR count). The van der Waals surface area contributed by atoms with Gasteiger partial charge in [0.25, 0.3) is 0 Å². The molecule has 5 unspecified atom stereocenters. The van der Waals surface area contributed by atoms with E-state index in [0.29, 0.717) is 6.42 Å². The zero-order valence-corrected chi connectivity index (χ0v) is 42.7. The van der Waals surface area contributed by atoms with E-state index in [1.807, 2.05) is 12.2 Å². The van der Waals surface area contributed by atoms with Gasteiger partial charge >= 0.3 is 27.6 Å². The largest absolute Gasteiger partial charge is 0.472 e. The van der Waals surface area contributed by atoms with Crippen molar-refractivity contribution in [3.8, 4) is 0 Å². The molecule has 68 heavy (non-hydrogen) atoms. The number of hydrogen-bond donors (Lipinski definition) is 8. The van der Waals surface area contributed by atoms with Crippen molar-refractivity contribution in [1.29, 1.82) is 0 Å². The number of aliphatic hydroxyl groups excluding tert-OH is 5. The monoisotopic (exact) mass is 1010 g/mol. The van der Waals surface area contributed by atoms with E-state index in [2.05, 4.69) is 42.7 Å². The lowest BCUT2D eigenvalue weighted by Crippen LogP contribution is -2.64. The number of phosphoric acid groups is 2. The number of hydrogen-bond acceptors (Lipinski definition) is 14. The second-order valence-corrected chi connectivity index (χ2v) is 20.3. The van der Waals surface area contributed by atoms with Crippen molar-refractivity contribution >= 4 is 27.6 Å². The van der Waals surface area contributed by atoms with Gasteiger partial charge in [-0.1, -0.05) is 178 Å². The Kier molecular flexibility index (Phi) is 37.2. The first-order valence-corrected chi connectivity index (χ1v) is 28.3. The summed E-state index contributed by atoms with van der Waals surface area (Å²) in [5.41, 5.74) is 0. The first kappa shape index (κ1) is 63.9. The smallest absolute Gasteiger partial charge is 0.462 e. The molecule has 0 aromatic heterocycles. The molecule has 1 aliphatic rings. The van der Waals surface area contributed by atoms with Crippen molar-refractivity contribution in [2.75, 3.05) is 13.2 Å². The summed E-state index contributed by atoms with van der Waals surface area (Å²) >= 11 is 0. The van der Waals surface area contributed by atoms with Crippen LogP contribution in [0.2, 0.25) is 0 Å². The topological polar surface area (TPSA) is 276 Å². The van der Waals surface area contributed by atoms with Crippen molar-refractivity contribution in [3.63, 3.8) is 0 Å². The van der Waals surface area contributed by atoms with Gasteiger partial charge in [-0.15, -0.1) is 0 Å². The van der Waals surface area contributed by atoms with Crippen LogP contribution in [0.4, 0.5) is 0 Å².